The van der Waals surface area contributed by atoms with Crippen molar-refractivity contribution in [3.05, 3.63) is 29.8 Å². The molecule has 1 heterocycles. The van der Waals surface area contributed by atoms with Crippen molar-refractivity contribution >= 4 is 15.5 Å². The van der Waals surface area contributed by atoms with Gasteiger partial charge in [0.2, 0.25) is 0 Å². The van der Waals surface area contributed by atoms with Crippen molar-refractivity contribution < 1.29 is 13.5 Å². The zero-order valence-electron chi connectivity index (χ0n) is 9.76. The number of rotatable bonds is 3. The number of nitrogens with one attached hydrogen (secondary N) is 1. The molecule has 0 amide bonds. The molecule has 2 atom stereocenters. The van der Waals surface area contributed by atoms with Gasteiger partial charge in [-0.3, -0.25) is 0 Å². The summed E-state index contributed by atoms with van der Waals surface area (Å²) in [5.41, 5.74) is 2.04. The van der Waals surface area contributed by atoms with E-state index in [9.17, 15) is 13.5 Å². The number of aliphatic hydroxyl groups is 1. The predicted octanol–water partition coefficient (Wildman–Crippen LogP) is 0.819. The highest BCUT2D eigenvalue weighted by Gasteiger charge is 2.36. The van der Waals surface area contributed by atoms with E-state index in [1.165, 1.54) is 0 Å². The highest BCUT2D eigenvalue weighted by atomic mass is 32.2. The highest BCUT2D eigenvalue weighted by molar-refractivity contribution is 7.91. The summed E-state index contributed by atoms with van der Waals surface area (Å²) in [4.78, 5) is 0. The molecule has 1 aromatic carbocycles. The quantitative estimate of drug-likeness (QED) is 0.839. The van der Waals surface area contributed by atoms with E-state index in [4.69, 9.17) is 0 Å². The van der Waals surface area contributed by atoms with Crippen LogP contribution in [-0.2, 0) is 16.3 Å². The average Bonchev–Trinajstić information content (AvgIpc) is 2.52. The molecule has 5 heteroatoms. The summed E-state index contributed by atoms with van der Waals surface area (Å²) in [6.07, 6.45) is 0.0589. The van der Waals surface area contributed by atoms with Crippen LogP contribution in [0.5, 0.6) is 0 Å². The van der Waals surface area contributed by atoms with Crippen molar-refractivity contribution in [2.75, 3.05) is 16.8 Å². The van der Waals surface area contributed by atoms with Crippen LogP contribution in [0.15, 0.2) is 24.3 Å². The molecule has 1 aliphatic heterocycles. The topological polar surface area (TPSA) is 66.4 Å². The van der Waals surface area contributed by atoms with Gasteiger partial charge in [-0.05, 0) is 18.1 Å². The van der Waals surface area contributed by atoms with Crippen molar-refractivity contribution in [2.24, 2.45) is 0 Å². The summed E-state index contributed by atoms with van der Waals surface area (Å²) in [5.74, 6) is -0.134. The van der Waals surface area contributed by atoms with E-state index in [2.05, 4.69) is 5.32 Å². The standard InChI is InChI=1S/C12H17NO3S/c1-2-9-5-3-4-6-10(9)13-11-7-17(15,16)8-12(11)14/h3-6,11-14H,2,7-8H2,1H3/t11-,12-/m0/s1. The third-order valence-electron chi connectivity index (χ3n) is 3.06. The molecule has 0 aliphatic carbocycles. The number of sulfone groups is 1. The minimum atomic E-state index is -3.10. The van der Waals surface area contributed by atoms with E-state index in [-0.39, 0.29) is 11.5 Å². The SMILES string of the molecule is CCc1ccccc1N[C@H]1CS(=O)(=O)C[C@@H]1O. The Balaban J connectivity index is 2.16. The van der Waals surface area contributed by atoms with Gasteiger partial charge in [0.25, 0.3) is 0 Å². The first-order valence-corrected chi connectivity index (χ1v) is 7.57. The van der Waals surface area contributed by atoms with E-state index in [1.807, 2.05) is 31.2 Å². The fourth-order valence-corrected chi connectivity index (χ4v) is 3.88. The summed E-state index contributed by atoms with van der Waals surface area (Å²) >= 11 is 0. The Kier molecular flexibility index (Phi) is 3.40. The summed E-state index contributed by atoms with van der Waals surface area (Å²) < 4.78 is 22.8. The van der Waals surface area contributed by atoms with Crippen LogP contribution in [0.1, 0.15) is 12.5 Å². The zero-order valence-corrected chi connectivity index (χ0v) is 10.6. The van der Waals surface area contributed by atoms with Gasteiger partial charge in [0.05, 0.1) is 23.7 Å². The lowest BCUT2D eigenvalue weighted by Crippen LogP contribution is -2.32. The first-order chi connectivity index (χ1) is 8.02. The molecule has 4 nitrogen and oxygen atoms in total. The summed E-state index contributed by atoms with van der Waals surface area (Å²) in [5, 5.41) is 12.8. The Labute approximate surface area is 102 Å². The number of anilines is 1. The second-order valence-corrected chi connectivity index (χ2v) is 6.56. The Morgan fingerprint density at radius 3 is 2.65 bits per heavy atom. The summed E-state index contributed by atoms with van der Waals surface area (Å²) in [7, 11) is -3.10. The van der Waals surface area contributed by atoms with Crippen LogP contribution in [0.25, 0.3) is 0 Å². The second kappa shape index (κ2) is 4.66. The molecule has 0 spiro atoms. The number of hydrogen-bond donors (Lipinski definition) is 2. The van der Waals surface area contributed by atoms with E-state index in [0.717, 1.165) is 17.7 Å². The van der Waals surface area contributed by atoms with Gasteiger partial charge in [-0.15, -0.1) is 0 Å². The third kappa shape index (κ3) is 2.79. The molecular weight excluding hydrogens is 238 g/mol. The van der Waals surface area contributed by atoms with Crippen molar-refractivity contribution in [1.82, 2.24) is 0 Å². The fraction of sp³-hybridized carbons (Fsp3) is 0.500. The maximum atomic E-state index is 11.4. The number of benzene rings is 1. The maximum absolute atomic E-state index is 11.4. The monoisotopic (exact) mass is 255 g/mol. The first kappa shape index (κ1) is 12.4. The third-order valence-corrected chi connectivity index (χ3v) is 4.78. The van der Waals surface area contributed by atoms with Crippen LogP contribution in [0, 0.1) is 0 Å². The lowest BCUT2D eigenvalue weighted by atomic mass is 10.1. The maximum Gasteiger partial charge on any atom is 0.155 e. The van der Waals surface area contributed by atoms with Crippen molar-refractivity contribution in [3.8, 4) is 0 Å². The molecule has 0 saturated carbocycles. The Morgan fingerprint density at radius 2 is 2.06 bits per heavy atom. The molecule has 2 rings (SSSR count). The Bertz CT molecular complexity index is 498. The molecule has 1 aromatic rings. The number of hydrogen-bond acceptors (Lipinski definition) is 4. The van der Waals surface area contributed by atoms with E-state index in [0.29, 0.717) is 0 Å². The molecule has 0 aromatic heterocycles. The Hall–Kier alpha value is -1.07. The smallest absolute Gasteiger partial charge is 0.155 e. The molecule has 1 aliphatic rings. The molecular formula is C12H17NO3S. The largest absolute Gasteiger partial charge is 0.390 e. The van der Waals surface area contributed by atoms with E-state index >= 15 is 0 Å². The number of aliphatic hydroxyl groups excluding tert-OH is 1. The molecule has 1 saturated heterocycles. The average molecular weight is 255 g/mol. The van der Waals surface area contributed by atoms with Crippen LogP contribution in [-0.4, -0.2) is 37.2 Å². The predicted molar refractivity (Wildman–Crippen MR) is 67.9 cm³/mol. The lowest BCUT2D eigenvalue weighted by molar-refractivity contribution is 0.190. The number of aryl methyl sites for hydroxylation is 1. The van der Waals surface area contributed by atoms with Gasteiger partial charge in [-0.1, -0.05) is 25.1 Å². The molecule has 0 radical (unpaired) electrons. The van der Waals surface area contributed by atoms with Crippen LogP contribution in [0.3, 0.4) is 0 Å². The summed E-state index contributed by atoms with van der Waals surface area (Å²) in [6, 6.07) is 7.37. The van der Waals surface area contributed by atoms with Crippen LogP contribution in [0.2, 0.25) is 0 Å². The molecule has 94 valence electrons. The van der Waals surface area contributed by atoms with Gasteiger partial charge >= 0.3 is 0 Å². The molecule has 17 heavy (non-hydrogen) atoms. The van der Waals surface area contributed by atoms with Gasteiger partial charge in [0.15, 0.2) is 9.84 Å². The van der Waals surface area contributed by atoms with Crippen LogP contribution in [0.4, 0.5) is 5.69 Å². The minimum Gasteiger partial charge on any atom is -0.390 e. The van der Waals surface area contributed by atoms with Crippen molar-refractivity contribution in [2.45, 2.75) is 25.5 Å². The van der Waals surface area contributed by atoms with Crippen molar-refractivity contribution in [1.29, 1.82) is 0 Å². The van der Waals surface area contributed by atoms with Crippen LogP contribution >= 0.6 is 0 Å². The zero-order chi connectivity index (χ0) is 12.5. The molecule has 1 fully saturated rings. The molecule has 2 N–H and O–H groups in total. The van der Waals surface area contributed by atoms with Gasteiger partial charge in [-0.2, -0.15) is 0 Å². The highest BCUT2D eigenvalue weighted by Crippen LogP contribution is 2.21. The number of para-hydroxylation sites is 1. The van der Waals surface area contributed by atoms with Crippen LogP contribution < -0.4 is 5.32 Å². The second-order valence-electron chi connectivity index (χ2n) is 4.41. The lowest BCUT2D eigenvalue weighted by Gasteiger charge is -2.18. The van der Waals surface area contributed by atoms with E-state index < -0.39 is 22.0 Å². The minimum absolute atomic E-state index is 0.00617. The van der Waals surface area contributed by atoms with E-state index in [1.54, 1.807) is 0 Å². The fourth-order valence-electron chi connectivity index (χ4n) is 2.14. The Morgan fingerprint density at radius 1 is 1.35 bits per heavy atom. The van der Waals surface area contributed by atoms with Gasteiger partial charge < -0.3 is 10.4 Å². The van der Waals surface area contributed by atoms with Gasteiger partial charge in [-0.25, -0.2) is 8.42 Å². The molecule has 0 bridgehead atoms. The molecule has 0 unspecified atom stereocenters. The van der Waals surface area contributed by atoms with Gasteiger partial charge in [0, 0.05) is 5.69 Å². The van der Waals surface area contributed by atoms with Crippen molar-refractivity contribution in [3.63, 3.8) is 0 Å². The normalized spacial score (nSPS) is 26.9. The summed E-state index contributed by atoms with van der Waals surface area (Å²) in [6.45, 7) is 2.04. The van der Waals surface area contributed by atoms with Gasteiger partial charge in [0.1, 0.15) is 0 Å². The first-order valence-electron chi connectivity index (χ1n) is 5.75.